The fourth-order valence-corrected chi connectivity index (χ4v) is 1.54. The maximum Gasteiger partial charge on any atom is 0.417 e. The van der Waals surface area contributed by atoms with Crippen LogP contribution in [0.2, 0.25) is 0 Å². The van der Waals surface area contributed by atoms with Crippen molar-refractivity contribution in [1.29, 1.82) is 0 Å². The number of carboxylic acids is 1. The van der Waals surface area contributed by atoms with Gasteiger partial charge in [-0.1, -0.05) is 0 Å². The highest BCUT2D eigenvalue weighted by Gasteiger charge is 2.46. The third-order valence-corrected chi connectivity index (χ3v) is 2.27. The molecule has 0 aliphatic rings. The van der Waals surface area contributed by atoms with E-state index in [0.29, 0.717) is 0 Å². The highest BCUT2D eigenvalue weighted by molar-refractivity contribution is 5.75. The van der Waals surface area contributed by atoms with Crippen LogP contribution >= 0.6 is 0 Å². The molecule has 1 unspecified atom stereocenters. The van der Waals surface area contributed by atoms with Crippen molar-refractivity contribution in [1.82, 2.24) is 0 Å². The van der Waals surface area contributed by atoms with Crippen LogP contribution in [0.3, 0.4) is 0 Å². The van der Waals surface area contributed by atoms with E-state index in [2.05, 4.69) is 0 Å². The Morgan fingerprint density at radius 1 is 1.05 bits per heavy atom. The summed E-state index contributed by atoms with van der Waals surface area (Å²) in [4.78, 5) is 10.5. The molecule has 0 saturated heterocycles. The number of hydrogen-bond acceptors (Lipinski definition) is 3. The monoisotopic (exact) mass is 304 g/mol. The van der Waals surface area contributed by atoms with E-state index in [-0.39, 0.29) is 12.1 Å². The standard InChI is InChI=1S/C10H6F6O4/c11-9(12,13)5-2-3(17)1-4(7(18)8(19)20)6(5)10(14,15)16/h1-2,7,17-18H,(H,19,20). The number of rotatable bonds is 2. The summed E-state index contributed by atoms with van der Waals surface area (Å²) in [7, 11) is 0. The first-order chi connectivity index (χ1) is 8.85. The summed E-state index contributed by atoms with van der Waals surface area (Å²) in [6.45, 7) is 0. The minimum atomic E-state index is -5.57. The molecule has 1 aromatic carbocycles. The van der Waals surface area contributed by atoms with Crippen molar-refractivity contribution in [2.45, 2.75) is 18.5 Å². The van der Waals surface area contributed by atoms with Crippen LogP contribution in [-0.2, 0) is 17.1 Å². The smallest absolute Gasteiger partial charge is 0.417 e. The summed E-state index contributed by atoms with van der Waals surface area (Å²) >= 11 is 0. The van der Waals surface area contributed by atoms with Crippen molar-refractivity contribution < 1.29 is 46.5 Å². The van der Waals surface area contributed by atoms with Gasteiger partial charge in [0.2, 0.25) is 0 Å². The van der Waals surface area contributed by atoms with Gasteiger partial charge >= 0.3 is 18.3 Å². The number of phenols is 1. The number of alkyl halides is 6. The lowest BCUT2D eigenvalue weighted by atomic mass is 9.95. The van der Waals surface area contributed by atoms with Crippen LogP contribution in [0.25, 0.3) is 0 Å². The number of phenolic OH excluding ortho intramolecular Hbond substituents is 1. The summed E-state index contributed by atoms with van der Waals surface area (Å²) in [5, 5.41) is 26.5. The Hall–Kier alpha value is -1.97. The van der Waals surface area contributed by atoms with Gasteiger partial charge in [0, 0.05) is 5.56 Å². The zero-order chi connectivity index (χ0) is 15.9. The number of hydrogen-bond donors (Lipinski definition) is 3. The maximum atomic E-state index is 12.7. The summed E-state index contributed by atoms with van der Waals surface area (Å²) < 4.78 is 75.8. The van der Waals surface area contributed by atoms with E-state index < -0.39 is 46.9 Å². The summed E-state index contributed by atoms with van der Waals surface area (Å²) in [5.74, 6) is -3.44. The van der Waals surface area contributed by atoms with Gasteiger partial charge in [0.1, 0.15) is 5.75 Å². The third kappa shape index (κ3) is 3.13. The van der Waals surface area contributed by atoms with Gasteiger partial charge in [-0.2, -0.15) is 26.3 Å². The summed E-state index contributed by atoms with van der Waals surface area (Å²) in [6, 6.07) is -0.0717. The van der Waals surface area contributed by atoms with Crippen LogP contribution < -0.4 is 0 Å². The second-order valence-corrected chi connectivity index (χ2v) is 3.69. The van der Waals surface area contributed by atoms with Crippen LogP contribution in [-0.4, -0.2) is 21.3 Å². The lowest BCUT2D eigenvalue weighted by Crippen LogP contribution is -2.22. The predicted molar refractivity (Wildman–Crippen MR) is 50.7 cm³/mol. The lowest BCUT2D eigenvalue weighted by Gasteiger charge is -2.20. The normalized spacial score (nSPS) is 14.2. The molecule has 0 fully saturated rings. The molecule has 112 valence electrons. The van der Waals surface area contributed by atoms with E-state index in [1.54, 1.807) is 0 Å². The predicted octanol–water partition coefficient (Wildman–Crippen LogP) is 2.55. The topological polar surface area (TPSA) is 77.8 Å². The second kappa shape index (κ2) is 4.85. The van der Waals surface area contributed by atoms with E-state index >= 15 is 0 Å². The summed E-state index contributed by atoms with van der Waals surface area (Å²) in [5.41, 5.74) is -6.21. The maximum absolute atomic E-state index is 12.7. The highest BCUT2D eigenvalue weighted by Crippen LogP contribution is 2.45. The van der Waals surface area contributed by atoms with Crippen molar-refractivity contribution in [3.05, 3.63) is 28.8 Å². The van der Waals surface area contributed by atoms with Gasteiger partial charge in [0.05, 0.1) is 11.1 Å². The molecule has 0 aromatic heterocycles. The number of carbonyl (C=O) groups is 1. The van der Waals surface area contributed by atoms with Crippen molar-refractivity contribution in [2.24, 2.45) is 0 Å². The molecule has 1 atom stereocenters. The first-order valence-corrected chi connectivity index (χ1v) is 4.78. The molecule has 0 aliphatic carbocycles. The SMILES string of the molecule is O=C(O)C(O)c1cc(O)cc(C(F)(F)F)c1C(F)(F)F. The summed E-state index contributed by atoms with van der Waals surface area (Å²) in [6.07, 6.45) is -13.9. The zero-order valence-electron chi connectivity index (χ0n) is 9.25. The van der Waals surface area contributed by atoms with E-state index in [9.17, 15) is 31.1 Å². The second-order valence-electron chi connectivity index (χ2n) is 3.69. The van der Waals surface area contributed by atoms with Gasteiger partial charge in [-0.3, -0.25) is 0 Å². The zero-order valence-corrected chi connectivity index (χ0v) is 9.25. The molecule has 4 nitrogen and oxygen atoms in total. The molecule has 3 N–H and O–H groups in total. The van der Waals surface area contributed by atoms with Gasteiger partial charge in [-0.25, -0.2) is 4.79 Å². The number of aliphatic carboxylic acids is 1. The van der Waals surface area contributed by atoms with Crippen molar-refractivity contribution in [2.75, 3.05) is 0 Å². The van der Waals surface area contributed by atoms with Gasteiger partial charge in [0.25, 0.3) is 0 Å². The number of aromatic hydroxyl groups is 1. The molecule has 0 spiro atoms. The van der Waals surface area contributed by atoms with Crippen LogP contribution in [0.1, 0.15) is 22.8 Å². The van der Waals surface area contributed by atoms with E-state index in [0.717, 1.165) is 0 Å². The quantitative estimate of drug-likeness (QED) is 0.734. The Labute approximate surface area is 106 Å². The third-order valence-electron chi connectivity index (χ3n) is 2.27. The van der Waals surface area contributed by atoms with Crippen molar-refractivity contribution in [3.8, 4) is 5.75 Å². The fourth-order valence-electron chi connectivity index (χ4n) is 1.54. The van der Waals surface area contributed by atoms with Crippen molar-refractivity contribution >= 4 is 5.97 Å². The molecular formula is C10H6F6O4. The van der Waals surface area contributed by atoms with Gasteiger partial charge in [0.15, 0.2) is 6.10 Å². The van der Waals surface area contributed by atoms with Crippen LogP contribution in [0.15, 0.2) is 12.1 Å². The molecule has 0 heterocycles. The fraction of sp³-hybridized carbons (Fsp3) is 0.300. The van der Waals surface area contributed by atoms with Crippen LogP contribution in [0.5, 0.6) is 5.75 Å². The lowest BCUT2D eigenvalue weighted by molar-refractivity contribution is -0.164. The number of aliphatic hydroxyl groups is 1. The molecule has 1 aromatic rings. The Bertz CT molecular complexity index is 534. The molecule has 0 aliphatic heterocycles. The van der Waals surface area contributed by atoms with Gasteiger partial charge in [-0.05, 0) is 12.1 Å². The molecule has 0 amide bonds. The van der Waals surface area contributed by atoms with E-state index in [1.165, 1.54) is 0 Å². The molecule has 0 saturated carbocycles. The molecule has 0 bridgehead atoms. The molecule has 0 radical (unpaired) electrons. The van der Waals surface area contributed by atoms with Gasteiger partial charge in [-0.15, -0.1) is 0 Å². The van der Waals surface area contributed by atoms with Gasteiger partial charge < -0.3 is 15.3 Å². The number of carboxylic acid groups (broad SMARTS) is 1. The minimum absolute atomic E-state index is 0.122. The number of aliphatic hydroxyl groups excluding tert-OH is 1. The Morgan fingerprint density at radius 2 is 1.55 bits per heavy atom. The largest absolute Gasteiger partial charge is 0.508 e. The average Bonchev–Trinajstić information content (AvgIpc) is 2.23. The Balaban J connectivity index is 3.75. The molecule has 20 heavy (non-hydrogen) atoms. The number of halogens is 6. The Morgan fingerprint density at radius 3 is 1.90 bits per heavy atom. The van der Waals surface area contributed by atoms with Crippen LogP contribution in [0.4, 0.5) is 26.3 Å². The Kier molecular flexibility index (Phi) is 3.90. The highest BCUT2D eigenvalue weighted by atomic mass is 19.4. The van der Waals surface area contributed by atoms with E-state index in [4.69, 9.17) is 15.3 Å². The average molecular weight is 304 g/mol. The first-order valence-electron chi connectivity index (χ1n) is 4.78. The molecule has 10 heteroatoms. The van der Waals surface area contributed by atoms with Crippen molar-refractivity contribution in [3.63, 3.8) is 0 Å². The van der Waals surface area contributed by atoms with Crippen LogP contribution in [0, 0.1) is 0 Å². The molecular weight excluding hydrogens is 298 g/mol. The number of benzene rings is 1. The first kappa shape index (κ1) is 16.1. The molecule has 1 rings (SSSR count). The van der Waals surface area contributed by atoms with E-state index in [1.807, 2.05) is 0 Å². The minimum Gasteiger partial charge on any atom is -0.508 e.